The number of anilines is 1. The zero-order chi connectivity index (χ0) is 18.4. The van der Waals surface area contributed by atoms with Crippen molar-refractivity contribution in [1.29, 1.82) is 0 Å². The van der Waals surface area contributed by atoms with E-state index in [1.54, 1.807) is 6.20 Å². The average Bonchev–Trinajstić information content (AvgIpc) is 2.67. The molecular formula is C20H26N4O2. The highest BCUT2D eigenvalue weighted by Crippen LogP contribution is 2.21. The van der Waals surface area contributed by atoms with Gasteiger partial charge in [-0.3, -0.25) is 4.79 Å². The van der Waals surface area contributed by atoms with E-state index in [0.717, 1.165) is 48.9 Å². The van der Waals surface area contributed by atoms with E-state index in [0.29, 0.717) is 13.2 Å². The summed E-state index contributed by atoms with van der Waals surface area (Å²) in [7, 11) is 0. The van der Waals surface area contributed by atoms with Crippen LogP contribution >= 0.6 is 0 Å². The van der Waals surface area contributed by atoms with Gasteiger partial charge in [0.25, 0.3) is 0 Å². The number of carbonyl (C=O) groups excluding carboxylic acids is 1. The van der Waals surface area contributed by atoms with Gasteiger partial charge in [-0.1, -0.05) is 12.1 Å². The highest BCUT2D eigenvalue weighted by Gasteiger charge is 2.25. The summed E-state index contributed by atoms with van der Waals surface area (Å²) < 4.78 is 5.43. The Morgan fingerprint density at radius 2 is 1.96 bits per heavy atom. The van der Waals surface area contributed by atoms with Crippen molar-refractivity contribution in [2.45, 2.75) is 33.2 Å². The summed E-state index contributed by atoms with van der Waals surface area (Å²) in [6.45, 7) is 6.75. The van der Waals surface area contributed by atoms with Crippen molar-refractivity contribution in [2.24, 2.45) is 5.92 Å². The van der Waals surface area contributed by atoms with Gasteiger partial charge in [-0.05, 0) is 50.5 Å². The molecule has 1 aromatic heterocycles. The smallest absolute Gasteiger partial charge is 0.225 e. The molecule has 1 N–H and O–H groups in total. The number of aryl methyl sites for hydroxylation is 1. The van der Waals surface area contributed by atoms with Crippen LogP contribution in [0.15, 0.2) is 36.5 Å². The summed E-state index contributed by atoms with van der Waals surface area (Å²) in [6.07, 6.45) is 3.44. The Balaban J connectivity index is 1.46. The summed E-state index contributed by atoms with van der Waals surface area (Å²) in [5.41, 5.74) is 2.04. The minimum absolute atomic E-state index is 0.0544. The summed E-state index contributed by atoms with van der Waals surface area (Å²) in [6, 6.07) is 9.74. The van der Waals surface area contributed by atoms with Crippen LogP contribution in [-0.2, 0) is 11.3 Å². The third-order valence-electron chi connectivity index (χ3n) is 4.63. The molecule has 1 fully saturated rings. The van der Waals surface area contributed by atoms with Crippen LogP contribution in [0.25, 0.3) is 0 Å². The Morgan fingerprint density at radius 3 is 2.62 bits per heavy atom. The monoisotopic (exact) mass is 354 g/mol. The summed E-state index contributed by atoms with van der Waals surface area (Å²) >= 11 is 0. The van der Waals surface area contributed by atoms with Crippen molar-refractivity contribution < 1.29 is 9.53 Å². The molecule has 0 saturated carbocycles. The fourth-order valence-corrected chi connectivity index (χ4v) is 3.13. The van der Waals surface area contributed by atoms with Crippen LogP contribution in [0, 0.1) is 12.8 Å². The van der Waals surface area contributed by atoms with Gasteiger partial charge in [-0.15, -0.1) is 0 Å². The Morgan fingerprint density at radius 1 is 1.23 bits per heavy atom. The second-order valence-corrected chi connectivity index (χ2v) is 6.55. The van der Waals surface area contributed by atoms with E-state index in [4.69, 9.17) is 4.74 Å². The number of nitrogens with zero attached hydrogens (tertiary/aromatic N) is 3. The normalized spacial score (nSPS) is 14.9. The molecule has 0 atom stereocenters. The molecule has 1 amide bonds. The van der Waals surface area contributed by atoms with Crippen molar-refractivity contribution in [2.75, 3.05) is 24.6 Å². The predicted molar refractivity (Wildman–Crippen MR) is 101 cm³/mol. The maximum Gasteiger partial charge on any atom is 0.225 e. The molecule has 2 heterocycles. The van der Waals surface area contributed by atoms with E-state index in [9.17, 15) is 4.79 Å². The van der Waals surface area contributed by atoms with Gasteiger partial charge in [0.2, 0.25) is 11.9 Å². The minimum atomic E-state index is 0.0544. The number of aromatic nitrogens is 2. The molecule has 6 heteroatoms. The van der Waals surface area contributed by atoms with Crippen molar-refractivity contribution in [1.82, 2.24) is 15.3 Å². The van der Waals surface area contributed by atoms with Gasteiger partial charge in [-0.25, -0.2) is 9.97 Å². The van der Waals surface area contributed by atoms with Gasteiger partial charge >= 0.3 is 0 Å². The number of amides is 1. The number of ether oxygens (including phenoxy) is 1. The number of piperidine rings is 1. The summed E-state index contributed by atoms with van der Waals surface area (Å²) in [5, 5.41) is 3.05. The molecular weight excluding hydrogens is 328 g/mol. The molecule has 0 aliphatic carbocycles. The van der Waals surface area contributed by atoms with E-state index in [1.165, 1.54) is 0 Å². The number of hydrogen-bond donors (Lipinski definition) is 1. The quantitative estimate of drug-likeness (QED) is 0.864. The zero-order valence-corrected chi connectivity index (χ0v) is 15.4. The third-order valence-corrected chi connectivity index (χ3v) is 4.63. The highest BCUT2D eigenvalue weighted by molar-refractivity contribution is 5.78. The van der Waals surface area contributed by atoms with Crippen LogP contribution in [0.4, 0.5) is 5.95 Å². The maximum absolute atomic E-state index is 12.5. The van der Waals surface area contributed by atoms with Crippen LogP contribution in [0.3, 0.4) is 0 Å². The largest absolute Gasteiger partial charge is 0.494 e. The lowest BCUT2D eigenvalue weighted by atomic mass is 9.96. The first kappa shape index (κ1) is 18.2. The SMILES string of the molecule is CCOc1ccc(CNC(=O)C2CCN(c3nccc(C)n3)CC2)cc1. The first-order chi connectivity index (χ1) is 12.7. The van der Waals surface area contributed by atoms with E-state index in [2.05, 4.69) is 20.2 Å². The third kappa shape index (κ3) is 4.71. The maximum atomic E-state index is 12.5. The molecule has 2 aromatic rings. The number of hydrogen-bond acceptors (Lipinski definition) is 5. The van der Waals surface area contributed by atoms with Gasteiger partial charge in [0.1, 0.15) is 5.75 Å². The molecule has 1 aliphatic rings. The summed E-state index contributed by atoms with van der Waals surface area (Å²) in [4.78, 5) is 23.4. The highest BCUT2D eigenvalue weighted by atomic mass is 16.5. The fraction of sp³-hybridized carbons (Fsp3) is 0.450. The zero-order valence-electron chi connectivity index (χ0n) is 15.4. The Labute approximate surface area is 154 Å². The number of carbonyl (C=O) groups is 1. The molecule has 1 aromatic carbocycles. The van der Waals surface area contributed by atoms with Crippen LogP contribution in [0.1, 0.15) is 31.0 Å². The molecule has 0 radical (unpaired) electrons. The lowest BCUT2D eigenvalue weighted by Crippen LogP contribution is -2.41. The van der Waals surface area contributed by atoms with Crippen LogP contribution < -0.4 is 15.0 Å². The Hall–Kier alpha value is -2.63. The number of rotatable bonds is 6. The van der Waals surface area contributed by atoms with Crippen molar-refractivity contribution in [3.05, 3.63) is 47.8 Å². The Kier molecular flexibility index (Phi) is 6.04. The number of nitrogens with one attached hydrogen (secondary N) is 1. The van der Waals surface area contributed by atoms with Gasteiger partial charge in [0.15, 0.2) is 0 Å². The van der Waals surface area contributed by atoms with Crippen LogP contribution in [-0.4, -0.2) is 35.6 Å². The standard InChI is InChI=1S/C20H26N4O2/c1-3-26-18-6-4-16(5-7-18)14-22-19(25)17-9-12-24(13-10-17)20-21-11-8-15(2)23-20/h4-8,11,17H,3,9-10,12-14H2,1-2H3,(H,22,25). The van der Waals surface area contributed by atoms with Crippen LogP contribution in [0.5, 0.6) is 5.75 Å². The van der Waals surface area contributed by atoms with E-state index >= 15 is 0 Å². The first-order valence-corrected chi connectivity index (χ1v) is 9.19. The molecule has 0 spiro atoms. The molecule has 138 valence electrons. The van der Waals surface area contributed by atoms with Gasteiger partial charge < -0.3 is 15.0 Å². The summed E-state index contributed by atoms with van der Waals surface area (Å²) in [5.74, 6) is 1.80. The van der Waals surface area contributed by atoms with E-state index < -0.39 is 0 Å². The Bertz CT molecular complexity index is 725. The second kappa shape index (κ2) is 8.65. The molecule has 0 bridgehead atoms. The molecule has 6 nitrogen and oxygen atoms in total. The lowest BCUT2D eigenvalue weighted by Gasteiger charge is -2.31. The first-order valence-electron chi connectivity index (χ1n) is 9.19. The van der Waals surface area contributed by atoms with Gasteiger partial charge in [0.05, 0.1) is 6.61 Å². The molecule has 26 heavy (non-hydrogen) atoms. The van der Waals surface area contributed by atoms with E-state index in [-0.39, 0.29) is 11.8 Å². The average molecular weight is 354 g/mol. The molecule has 1 saturated heterocycles. The lowest BCUT2D eigenvalue weighted by molar-refractivity contribution is -0.125. The molecule has 3 rings (SSSR count). The minimum Gasteiger partial charge on any atom is -0.494 e. The fourth-order valence-electron chi connectivity index (χ4n) is 3.13. The predicted octanol–water partition coefficient (Wildman–Crippen LogP) is 2.72. The van der Waals surface area contributed by atoms with Crippen molar-refractivity contribution >= 4 is 11.9 Å². The van der Waals surface area contributed by atoms with Gasteiger partial charge in [-0.2, -0.15) is 0 Å². The topological polar surface area (TPSA) is 67.3 Å². The molecule has 1 aliphatic heterocycles. The second-order valence-electron chi connectivity index (χ2n) is 6.55. The van der Waals surface area contributed by atoms with Crippen molar-refractivity contribution in [3.8, 4) is 5.75 Å². The van der Waals surface area contributed by atoms with Crippen molar-refractivity contribution in [3.63, 3.8) is 0 Å². The van der Waals surface area contributed by atoms with Crippen LogP contribution in [0.2, 0.25) is 0 Å². The number of benzene rings is 1. The molecule has 0 unspecified atom stereocenters. The van der Waals surface area contributed by atoms with E-state index in [1.807, 2.05) is 44.2 Å². The van der Waals surface area contributed by atoms with Gasteiger partial charge in [0, 0.05) is 37.4 Å².